The second-order valence-corrected chi connectivity index (χ2v) is 5.65. The van der Waals surface area contributed by atoms with E-state index < -0.39 is 0 Å². The monoisotopic (exact) mass is 246 g/mol. The quantitative estimate of drug-likeness (QED) is 0.655. The van der Waals surface area contributed by atoms with Crippen LogP contribution in [0.3, 0.4) is 0 Å². The highest BCUT2D eigenvalue weighted by Crippen LogP contribution is 2.04. The van der Waals surface area contributed by atoms with E-state index in [4.69, 9.17) is 4.74 Å². The van der Waals surface area contributed by atoms with Gasteiger partial charge in [0.15, 0.2) is 0 Å². The van der Waals surface area contributed by atoms with E-state index in [1.165, 1.54) is 17.9 Å². The van der Waals surface area contributed by atoms with Crippen LogP contribution in [-0.2, 0) is 4.74 Å². The van der Waals surface area contributed by atoms with Crippen LogP contribution >= 0.6 is 11.8 Å². The average Bonchev–Trinajstić information content (AvgIpc) is 2.30. The number of ether oxygens (including phenoxy) is 1. The molecule has 1 heterocycles. The molecule has 96 valence electrons. The van der Waals surface area contributed by atoms with Crippen molar-refractivity contribution < 1.29 is 4.74 Å². The first-order chi connectivity index (χ1) is 7.84. The predicted octanol–water partition coefficient (Wildman–Crippen LogP) is 1.44. The van der Waals surface area contributed by atoms with Crippen LogP contribution in [0.5, 0.6) is 0 Å². The third-order valence-electron chi connectivity index (χ3n) is 2.93. The Balaban J connectivity index is 1.90. The Hall–Kier alpha value is 0.230. The molecule has 0 bridgehead atoms. The minimum Gasteiger partial charge on any atom is -0.379 e. The zero-order valence-corrected chi connectivity index (χ0v) is 11.5. The van der Waals surface area contributed by atoms with Crippen LogP contribution in [0.25, 0.3) is 0 Å². The van der Waals surface area contributed by atoms with Crippen molar-refractivity contribution >= 4 is 11.8 Å². The minimum atomic E-state index is 0.589. The topological polar surface area (TPSA) is 24.5 Å². The van der Waals surface area contributed by atoms with Crippen molar-refractivity contribution in [3.63, 3.8) is 0 Å². The largest absolute Gasteiger partial charge is 0.379 e. The van der Waals surface area contributed by atoms with E-state index in [1.807, 2.05) is 11.8 Å². The third kappa shape index (κ3) is 6.09. The zero-order valence-electron chi connectivity index (χ0n) is 10.7. The van der Waals surface area contributed by atoms with Crippen molar-refractivity contribution in [3.05, 3.63) is 0 Å². The first-order valence-electron chi connectivity index (χ1n) is 6.45. The van der Waals surface area contributed by atoms with Gasteiger partial charge in [-0.3, -0.25) is 4.90 Å². The molecule has 1 fully saturated rings. The second kappa shape index (κ2) is 9.28. The number of nitrogens with zero attached hydrogens (tertiary/aromatic N) is 1. The van der Waals surface area contributed by atoms with Gasteiger partial charge >= 0.3 is 0 Å². The summed E-state index contributed by atoms with van der Waals surface area (Å²) in [6, 6.07) is 0.589. The Labute approximate surface area is 104 Å². The van der Waals surface area contributed by atoms with Crippen LogP contribution in [0.2, 0.25) is 0 Å². The molecule has 0 aromatic heterocycles. The summed E-state index contributed by atoms with van der Waals surface area (Å²) in [4.78, 5) is 2.51. The molecule has 1 unspecified atom stereocenters. The summed E-state index contributed by atoms with van der Waals surface area (Å²) in [5, 5.41) is 3.52. The van der Waals surface area contributed by atoms with Crippen LogP contribution in [0.1, 0.15) is 20.3 Å². The van der Waals surface area contributed by atoms with E-state index in [0.29, 0.717) is 6.04 Å². The number of morpholine rings is 1. The Kier molecular flexibility index (Phi) is 8.29. The van der Waals surface area contributed by atoms with E-state index in [1.54, 1.807) is 0 Å². The fraction of sp³-hybridized carbons (Fsp3) is 1.00. The van der Waals surface area contributed by atoms with Crippen molar-refractivity contribution in [1.82, 2.24) is 10.2 Å². The van der Waals surface area contributed by atoms with Crippen molar-refractivity contribution in [2.45, 2.75) is 26.3 Å². The SMILES string of the molecule is CCSCCCNCCN1CCOCC1C. The standard InChI is InChI=1S/C12H26N2OS/c1-3-16-10-4-5-13-6-7-14-8-9-15-11-12(14)2/h12-13H,3-11H2,1-2H3. The molecule has 3 nitrogen and oxygen atoms in total. The first kappa shape index (κ1) is 14.3. The van der Waals surface area contributed by atoms with E-state index in [-0.39, 0.29) is 0 Å². The third-order valence-corrected chi connectivity index (χ3v) is 3.91. The molecule has 1 rings (SSSR count). The highest BCUT2D eigenvalue weighted by atomic mass is 32.2. The highest BCUT2D eigenvalue weighted by Gasteiger charge is 2.17. The maximum absolute atomic E-state index is 5.42. The molecular formula is C12H26N2OS. The van der Waals surface area contributed by atoms with Crippen molar-refractivity contribution in [2.24, 2.45) is 0 Å². The van der Waals surface area contributed by atoms with Crippen LogP contribution in [0.15, 0.2) is 0 Å². The molecule has 0 amide bonds. The summed E-state index contributed by atoms with van der Waals surface area (Å²) in [6.07, 6.45) is 1.29. The smallest absolute Gasteiger partial charge is 0.0619 e. The summed E-state index contributed by atoms with van der Waals surface area (Å²) in [5.74, 6) is 2.53. The maximum atomic E-state index is 5.42. The normalized spacial score (nSPS) is 22.5. The van der Waals surface area contributed by atoms with E-state index in [2.05, 4.69) is 24.1 Å². The zero-order chi connectivity index (χ0) is 11.6. The van der Waals surface area contributed by atoms with Gasteiger partial charge in [0.25, 0.3) is 0 Å². The summed E-state index contributed by atoms with van der Waals surface area (Å²) in [6.45, 7) is 10.8. The van der Waals surface area contributed by atoms with Gasteiger partial charge in [-0.15, -0.1) is 0 Å². The molecule has 0 aromatic carbocycles. The van der Waals surface area contributed by atoms with Gasteiger partial charge in [-0.25, -0.2) is 0 Å². The van der Waals surface area contributed by atoms with Gasteiger partial charge in [-0.05, 0) is 31.4 Å². The molecule has 0 spiro atoms. The second-order valence-electron chi connectivity index (χ2n) is 4.26. The van der Waals surface area contributed by atoms with Crippen LogP contribution in [0.4, 0.5) is 0 Å². The number of hydrogen-bond acceptors (Lipinski definition) is 4. The lowest BCUT2D eigenvalue weighted by Gasteiger charge is -2.33. The molecule has 1 saturated heterocycles. The van der Waals surface area contributed by atoms with Gasteiger partial charge < -0.3 is 10.1 Å². The molecule has 1 atom stereocenters. The number of nitrogens with one attached hydrogen (secondary N) is 1. The van der Waals surface area contributed by atoms with E-state index in [9.17, 15) is 0 Å². The minimum absolute atomic E-state index is 0.589. The van der Waals surface area contributed by atoms with Gasteiger partial charge in [0.1, 0.15) is 0 Å². The van der Waals surface area contributed by atoms with Crippen LogP contribution in [-0.4, -0.2) is 61.8 Å². The fourth-order valence-corrected chi connectivity index (χ4v) is 2.52. The molecule has 0 aliphatic carbocycles. The first-order valence-corrected chi connectivity index (χ1v) is 7.60. The van der Waals surface area contributed by atoms with Gasteiger partial charge in [-0.2, -0.15) is 11.8 Å². The lowest BCUT2D eigenvalue weighted by Crippen LogP contribution is -2.46. The van der Waals surface area contributed by atoms with Gasteiger partial charge in [0.05, 0.1) is 13.2 Å². The molecule has 0 aromatic rings. The Morgan fingerprint density at radius 2 is 2.31 bits per heavy atom. The van der Waals surface area contributed by atoms with Crippen LogP contribution < -0.4 is 5.32 Å². The summed E-state index contributed by atoms with van der Waals surface area (Å²) < 4.78 is 5.42. The van der Waals surface area contributed by atoms with Crippen LogP contribution in [0, 0.1) is 0 Å². The number of hydrogen-bond donors (Lipinski definition) is 1. The molecular weight excluding hydrogens is 220 g/mol. The highest BCUT2D eigenvalue weighted by molar-refractivity contribution is 7.99. The van der Waals surface area contributed by atoms with E-state index >= 15 is 0 Å². The lowest BCUT2D eigenvalue weighted by atomic mass is 10.2. The molecule has 16 heavy (non-hydrogen) atoms. The van der Waals surface area contributed by atoms with Crippen molar-refractivity contribution in [1.29, 1.82) is 0 Å². The molecule has 1 N–H and O–H groups in total. The Morgan fingerprint density at radius 3 is 3.06 bits per heavy atom. The van der Waals surface area contributed by atoms with Crippen molar-refractivity contribution in [2.75, 3.05) is 50.9 Å². The van der Waals surface area contributed by atoms with Crippen molar-refractivity contribution in [3.8, 4) is 0 Å². The van der Waals surface area contributed by atoms with Gasteiger partial charge in [-0.1, -0.05) is 6.92 Å². The fourth-order valence-electron chi connectivity index (χ4n) is 1.88. The van der Waals surface area contributed by atoms with E-state index in [0.717, 1.165) is 39.4 Å². The molecule has 0 radical (unpaired) electrons. The van der Waals surface area contributed by atoms with Gasteiger partial charge in [0.2, 0.25) is 0 Å². The summed E-state index contributed by atoms with van der Waals surface area (Å²) >= 11 is 2.03. The molecule has 4 heteroatoms. The summed E-state index contributed by atoms with van der Waals surface area (Å²) in [5.41, 5.74) is 0. The number of rotatable bonds is 8. The maximum Gasteiger partial charge on any atom is 0.0619 e. The Bertz CT molecular complexity index is 169. The molecule has 1 aliphatic heterocycles. The number of thioether (sulfide) groups is 1. The molecule has 1 aliphatic rings. The molecule has 0 saturated carbocycles. The van der Waals surface area contributed by atoms with Gasteiger partial charge in [0, 0.05) is 25.7 Å². The summed E-state index contributed by atoms with van der Waals surface area (Å²) in [7, 11) is 0. The average molecular weight is 246 g/mol. The lowest BCUT2D eigenvalue weighted by molar-refractivity contribution is 0.000464. The predicted molar refractivity (Wildman–Crippen MR) is 72.3 cm³/mol. The Morgan fingerprint density at radius 1 is 1.44 bits per heavy atom.